The van der Waals surface area contributed by atoms with Crippen molar-refractivity contribution in [2.75, 3.05) is 6.61 Å². The minimum atomic E-state index is -1.08. The molecule has 7 heteroatoms. The van der Waals surface area contributed by atoms with Gasteiger partial charge in [0.15, 0.2) is 6.61 Å². The number of nitrogens with one attached hydrogen (secondary N) is 1. The summed E-state index contributed by atoms with van der Waals surface area (Å²) in [6.07, 6.45) is 0.990. The molecule has 0 spiro atoms. The molecular formula is C16H17NO6. The highest BCUT2D eigenvalue weighted by molar-refractivity contribution is 5.84. The van der Waals surface area contributed by atoms with Crippen LogP contribution in [0.1, 0.15) is 19.8 Å². The Hall–Kier alpha value is -2.83. The van der Waals surface area contributed by atoms with Crippen molar-refractivity contribution in [3.63, 3.8) is 0 Å². The summed E-state index contributed by atoms with van der Waals surface area (Å²) in [5.74, 6) is -1.25. The SMILES string of the molecule is CCCC(NC(=O)COc1ccc2ccc(=O)oc2c1)C(=O)O. The molecule has 0 saturated heterocycles. The number of rotatable bonds is 7. The van der Waals surface area contributed by atoms with E-state index < -0.39 is 23.5 Å². The van der Waals surface area contributed by atoms with Crippen LogP contribution in [0.25, 0.3) is 11.0 Å². The van der Waals surface area contributed by atoms with Crippen molar-refractivity contribution in [2.45, 2.75) is 25.8 Å². The fraction of sp³-hybridized carbons (Fsp3) is 0.312. The average molecular weight is 319 g/mol. The third kappa shape index (κ3) is 4.57. The van der Waals surface area contributed by atoms with E-state index in [-0.39, 0.29) is 6.61 Å². The molecule has 1 unspecified atom stereocenters. The molecule has 1 aromatic carbocycles. The molecule has 0 radical (unpaired) electrons. The van der Waals surface area contributed by atoms with Crippen LogP contribution in [0.15, 0.2) is 39.5 Å². The Labute approximate surface area is 131 Å². The fourth-order valence-electron chi connectivity index (χ4n) is 2.06. The molecule has 1 heterocycles. The Morgan fingerprint density at radius 2 is 2.04 bits per heavy atom. The molecule has 0 saturated carbocycles. The second-order valence-corrected chi connectivity index (χ2v) is 4.99. The highest BCUT2D eigenvalue weighted by Crippen LogP contribution is 2.19. The van der Waals surface area contributed by atoms with Gasteiger partial charge in [0, 0.05) is 17.5 Å². The highest BCUT2D eigenvalue weighted by Gasteiger charge is 2.18. The number of ether oxygens (including phenoxy) is 1. The van der Waals surface area contributed by atoms with Gasteiger partial charge in [-0.2, -0.15) is 0 Å². The minimum absolute atomic E-state index is 0.323. The van der Waals surface area contributed by atoms with Gasteiger partial charge in [-0.1, -0.05) is 13.3 Å². The number of aliphatic carboxylic acids is 1. The molecule has 7 nitrogen and oxygen atoms in total. The molecule has 1 amide bonds. The van der Waals surface area contributed by atoms with Crippen LogP contribution in [0.4, 0.5) is 0 Å². The van der Waals surface area contributed by atoms with Crippen molar-refractivity contribution in [3.8, 4) is 5.75 Å². The van der Waals surface area contributed by atoms with Crippen molar-refractivity contribution in [1.82, 2.24) is 5.32 Å². The molecule has 0 aliphatic rings. The number of amides is 1. The monoisotopic (exact) mass is 319 g/mol. The van der Waals surface area contributed by atoms with Crippen LogP contribution < -0.4 is 15.7 Å². The van der Waals surface area contributed by atoms with Crippen LogP contribution in [0.3, 0.4) is 0 Å². The van der Waals surface area contributed by atoms with Crippen molar-refractivity contribution >= 4 is 22.8 Å². The zero-order chi connectivity index (χ0) is 16.8. The van der Waals surface area contributed by atoms with Gasteiger partial charge in [0.2, 0.25) is 0 Å². The molecule has 0 aliphatic heterocycles. The van der Waals surface area contributed by atoms with Crippen molar-refractivity contribution in [1.29, 1.82) is 0 Å². The average Bonchev–Trinajstić information content (AvgIpc) is 2.52. The smallest absolute Gasteiger partial charge is 0.336 e. The van der Waals surface area contributed by atoms with Crippen molar-refractivity contribution in [3.05, 3.63) is 40.8 Å². The maximum atomic E-state index is 11.8. The predicted octanol–water partition coefficient (Wildman–Crippen LogP) is 1.54. The van der Waals surface area contributed by atoms with E-state index in [0.29, 0.717) is 24.2 Å². The van der Waals surface area contributed by atoms with Gasteiger partial charge in [0.1, 0.15) is 17.4 Å². The molecule has 0 fully saturated rings. The van der Waals surface area contributed by atoms with Gasteiger partial charge in [0.25, 0.3) is 5.91 Å². The van der Waals surface area contributed by atoms with E-state index in [1.807, 2.05) is 6.92 Å². The zero-order valence-electron chi connectivity index (χ0n) is 12.6. The zero-order valence-corrected chi connectivity index (χ0v) is 12.6. The number of carbonyl (C=O) groups is 2. The number of carboxylic acid groups (broad SMARTS) is 1. The van der Waals surface area contributed by atoms with Crippen LogP contribution in [0.5, 0.6) is 5.75 Å². The fourth-order valence-corrected chi connectivity index (χ4v) is 2.06. The molecule has 1 atom stereocenters. The third-order valence-corrected chi connectivity index (χ3v) is 3.18. The van der Waals surface area contributed by atoms with Crippen LogP contribution in [-0.2, 0) is 9.59 Å². The Bertz CT molecular complexity index is 766. The lowest BCUT2D eigenvalue weighted by Crippen LogP contribution is -2.42. The number of hydrogen-bond donors (Lipinski definition) is 2. The number of benzene rings is 1. The summed E-state index contributed by atoms with van der Waals surface area (Å²) >= 11 is 0. The van der Waals surface area contributed by atoms with E-state index in [0.717, 1.165) is 5.39 Å². The van der Waals surface area contributed by atoms with Gasteiger partial charge in [-0.15, -0.1) is 0 Å². The van der Waals surface area contributed by atoms with Gasteiger partial charge in [-0.05, 0) is 24.6 Å². The molecule has 1 aromatic heterocycles. The second kappa shape index (κ2) is 7.44. The standard InChI is InChI=1S/C16H17NO6/c1-2-3-12(16(20)21)17-14(18)9-22-11-6-4-10-5-7-15(19)23-13(10)8-11/h4-8,12H,2-3,9H2,1H3,(H,17,18)(H,20,21). The van der Waals surface area contributed by atoms with Gasteiger partial charge < -0.3 is 19.6 Å². The first kappa shape index (κ1) is 16.5. The number of fused-ring (bicyclic) bond motifs is 1. The van der Waals surface area contributed by atoms with Crippen molar-refractivity contribution < 1.29 is 23.8 Å². The Morgan fingerprint density at radius 1 is 1.30 bits per heavy atom. The highest BCUT2D eigenvalue weighted by atomic mass is 16.5. The molecule has 0 aliphatic carbocycles. The van der Waals surface area contributed by atoms with Gasteiger partial charge in [0.05, 0.1) is 0 Å². The van der Waals surface area contributed by atoms with Gasteiger partial charge >= 0.3 is 11.6 Å². The summed E-state index contributed by atoms with van der Waals surface area (Å²) in [5.41, 5.74) is -0.124. The van der Waals surface area contributed by atoms with E-state index in [4.69, 9.17) is 14.3 Å². The molecule has 0 bridgehead atoms. The maximum Gasteiger partial charge on any atom is 0.336 e. The molecule has 2 rings (SSSR count). The van der Waals surface area contributed by atoms with Crippen molar-refractivity contribution in [2.24, 2.45) is 0 Å². The first-order valence-corrected chi connectivity index (χ1v) is 7.18. The normalized spacial score (nSPS) is 11.9. The lowest BCUT2D eigenvalue weighted by atomic mass is 10.2. The summed E-state index contributed by atoms with van der Waals surface area (Å²) in [5, 5.41) is 12.1. The quantitative estimate of drug-likeness (QED) is 0.750. The van der Waals surface area contributed by atoms with Crippen LogP contribution in [0, 0.1) is 0 Å². The summed E-state index contributed by atoms with van der Waals surface area (Å²) in [6, 6.07) is 6.85. The Kier molecular flexibility index (Phi) is 5.35. The van der Waals surface area contributed by atoms with E-state index in [2.05, 4.69) is 5.32 Å². The van der Waals surface area contributed by atoms with Crippen LogP contribution in [-0.4, -0.2) is 29.6 Å². The maximum absolute atomic E-state index is 11.8. The number of carboxylic acids is 1. The number of hydrogen-bond acceptors (Lipinski definition) is 5. The van der Waals surface area contributed by atoms with E-state index in [1.165, 1.54) is 12.1 Å². The number of carbonyl (C=O) groups excluding carboxylic acids is 1. The van der Waals surface area contributed by atoms with Gasteiger partial charge in [-0.3, -0.25) is 4.79 Å². The third-order valence-electron chi connectivity index (χ3n) is 3.18. The predicted molar refractivity (Wildman–Crippen MR) is 82.5 cm³/mol. The lowest BCUT2D eigenvalue weighted by molar-refractivity contribution is -0.142. The second-order valence-electron chi connectivity index (χ2n) is 4.99. The van der Waals surface area contributed by atoms with E-state index in [1.54, 1.807) is 18.2 Å². The molecule has 2 N–H and O–H groups in total. The first-order chi connectivity index (χ1) is 11.0. The molecular weight excluding hydrogens is 302 g/mol. The topological polar surface area (TPSA) is 106 Å². The van der Waals surface area contributed by atoms with E-state index >= 15 is 0 Å². The Balaban J connectivity index is 1.98. The Morgan fingerprint density at radius 3 is 2.74 bits per heavy atom. The van der Waals surface area contributed by atoms with Crippen LogP contribution >= 0.6 is 0 Å². The largest absolute Gasteiger partial charge is 0.484 e. The minimum Gasteiger partial charge on any atom is -0.484 e. The molecule has 122 valence electrons. The summed E-state index contributed by atoms with van der Waals surface area (Å²) in [6.45, 7) is 1.51. The lowest BCUT2D eigenvalue weighted by Gasteiger charge is -2.14. The van der Waals surface area contributed by atoms with Crippen LogP contribution in [0.2, 0.25) is 0 Å². The molecule has 2 aromatic rings. The first-order valence-electron chi connectivity index (χ1n) is 7.18. The summed E-state index contributed by atoms with van der Waals surface area (Å²) in [7, 11) is 0. The molecule has 23 heavy (non-hydrogen) atoms. The van der Waals surface area contributed by atoms with Gasteiger partial charge in [-0.25, -0.2) is 9.59 Å². The summed E-state index contributed by atoms with van der Waals surface area (Å²) < 4.78 is 10.3. The summed E-state index contributed by atoms with van der Waals surface area (Å²) in [4.78, 5) is 33.9. The van der Waals surface area contributed by atoms with E-state index in [9.17, 15) is 14.4 Å².